The van der Waals surface area contributed by atoms with Crippen LogP contribution in [-0.4, -0.2) is 44.0 Å². The summed E-state index contributed by atoms with van der Waals surface area (Å²) in [5.74, 6) is -0.541. The Kier molecular flexibility index (Phi) is 13.6. The summed E-state index contributed by atoms with van der Waals surface area (Å²) in [7, 11) is 4.47. The zero-order valence-corrected chi connectivity index (χ0v) is 24.2. The molecule has 0 spiro atoms. The molecule has 0 bridgehead atoms. The highest BCUT2D eigenvalue weighted by atomic mass is 19.1. The minimum Gasteiger partial charge on any atom is -0.494 e. The number of anilines is 4. The van der Waals surface area contributed by atoms with Crippen LogP contribution < -0.4 is 31.1 Å². The molecule has 10 nitrogen and oxygen atoms in total. The Hall–Kier alpha value is -4.67. The summed E-state index contributed by atoms with van der Waals surface area (Å²) < 4.78 is 21.4. The topological polar surface area (TPSA) is 122 Å². The first-order chi connectivity index (χ1) is 19.1. The molecule has 3 amide bonds. The Bertz CT molecular complexity index is 1370. The zero-order valence-electron chi connectivity index (χ0n) is 24.2. The van der Waals surface area contributed by atoms with Crippen LogP contribution in [-0.2, 0) is 16.6 Å². The van der Waals surface area contributed by atoms with Gasteiger partial charge in [0.05, 0.1) is 23.7 Å². The normalized spacial score (nSPS) is 9.62. The van der Waals surface area contributed by atoms with Gasteiger partial charge in [0, 0.05) is 32.8 Å². The van der Waals surface area contributed by atoms with Crippen LogP contribution in [0.2, 0.25) is 0 Å². The maximum Gasteiger partial charge on any atom is 0.256 e. The summed E-state index contributed by atoms with van der Waals surface area (Å²) in [5.41, 5.74) is 1.01. The van der Waals surface area contributed by atoms with Crippen LogP contribution >= 0.6 is 0 Å². The van der Waals surface area contributed by atoms with E-state index in [0.717, 1.165) is 5.56 Å². The Balaban J connectivity index is 0.00000122. The van der Waals surface area contributed by atoms with Crippen LogP contribution in [0.3, 0.4) is 0 Å². The fraction of sp³-hybridized carbons (Fsp3) is 0.310. The van der Waals surface area contributed by atoms with Gasteiger partial charge in [0.25, 0.3) is 11.5 Å². The second kappa shape index (κ2) is 16.3. The van der Waals surface area contributed by atoms with Gasteiger partial charge in [-0.1, -0.05) is 26.0 Å². The summed E-state index contributed by atoms with van der Waals surface area (Å²) in [5, 5.41) is 7.68. The summed E-state index contributed by atoms with van der Waals surface area (Å²) in [6.45, 7) is 9.54. The Morgan fingerprint density at radius 3 is 2.27 bits per heavy atom. The van der Waals surface area contributed by atoms with Crippen LogP contribution in [0, 0.1) is 19.7 Å². The molecule has 3 aromatic rings. The first-order valence-electron chi connectivity index (χ1n) is 12.7. The Morgan fingerprint density at radius 1 is 1.10 bits per heavy atom. The van der Waals surface area contributed by atoms with Crippen molar-refractivity contribution in [3.05, 3.63) is 75.3 Å². The highest BCUT2D eigenvalue weighted by molar-refractivity contribution is 6.08. The van der Waals surface area contributed by atoms with Crippen molar-refractivity contribution in [2.75, 3.05) is 30.9 Å². The third kappa shape index (κ3) is 7.92. The SMILES string of the molecule is CC.CCOc1cccc(N(C=O)c2c(C(=O)NC)c(Nc3ccc(C)cc3F)n(C)c(=O)c2C)c1.CNC=O. The quantitative estimate of drug-likeness (QED) is 0.338. The number of amides is 3. The molecule has 0 saturated carbocycles. The van der Waals surface area contributed by atoms with Gasteiger partial charge in [0.2, 0.25) is 12.8 Å². The molecule has 216 valence electrons. The van der Waals surface area contributed by atoms with E-state index < -0.39 is 17.3 Å². The van der Waals surface area contributed by atoms with E-state index in [1.165, 1.54) is 42.6 Å². The van der Waals surface area contributed by atoms with Crippen LogP contribution in [0.25, 0.3) is 0 Å². The number of benzene rings is 2. The first-order valence-corrected chi connectivity index (χ1v) is 12.7. The van der Waals surface area contributed by atoms with E-state index in [4.69, 9.17) is 9.53 Å². The first kappa shape index (κ1) is 33.4. The number of nitrogens with zero attached hydrogens (tertiary/aromatic N) is 2. The van der Waals surface area contributed by atoms with Crippen molar-refractivity contribution in [1.29, 1.82) is 0 Å². The molecule has 0 atom stereocenters. The van der Waals surface area contributed by atoms with E-state index >= 15 is 0 Å². The smallest absolute Gasteiger partial charge is 0.256 e. The predicted octanol–water partition coefficient (Wildman–Crippen LogP) is 4.33. The standard InChI is InChI=1S/C25H27FN4O4.C2H5NO.C2H6/c1-6-34-18-9-7-8-17(13-18)30(14-31)22-16(3)25(33)29(5)23(21(22)24(32)27-4)28-20-11-10-15(2)12-19(20)26;1-3-2-4;1-2/h7-14,28H,6H2,1-5H3,(H,27,32);2H,1H3,(H,3,4);1-2H3. The minimum atomic E-state index is -0.559. The Labute approximate surface area is 234 Å². The van der Waals surface area contributed by atoms with Gasteiger partial charge < -0.3 is 20.7 Å². The number of hydrogen-bond acceptors (Lipinski definition) is 6. The fourth-order valence-corrected chi connectivity index (χ4v) is 3.69. The number of ether oxygens (including phenoxy) is 1. The lowest BCUT2D eigenvalue weighted by Crippen LogP contribution is -2.33. The number of rotatable bonds is 9. The van der Waals surface area contributed by atoms with Crippen molar-refractivity contribution in [3.63, 3.8) is 0 Å². The van der Waals surface area contributed by atoms with E-state index in [0.29, 0.717) is 30.9 Å². The van der Waals surface area contributed by atoms with E-state index in [9.17, 15) is 18.8 Å². The summed E-state index contributed by atoms with van der Waals surface area (Å²) in [4.78, 5) is 48.8. The molecular weight excluding hydrogens is 517 g/mol. The monoisotopic (exact) mass is 555 g/mol. The number of halogens is 1. The molecule has 0 aliphatic carbocycles. The third-order valence-corrected chi connectivity index (χ3v) is 5.49. The summed E-state index contributed by atoms with van der Waals surface area (Å²) in [6, 6.07) is 11.3. The largest absolute Gasteiger partial charge is 0.494 e. The second-order valence-corrected chi connectivity index (χ2v) is 8.06. The van der Waals surface area contributed by atoms with E-state index in [2.05, 4.69) is 16.0 Å². The number of aromatic nitrogens is 1. The molecule has 1 heterocycles. The number of carbonyl (C=O) groups excluding carboxylic acids is 3. The average Bonchev–Trinajstić information content (AvgIpc) is 2.97. The van der Waals surface area contributed by atoms with Crippen LogP contribution in [0.4, 0.5) is 27.3 Å². The van der Waals surface area contributed by atoms with Crippen LogP contribution in [0.5, 0.6) is 5.75 Å². The number of nitrogens with one attached hydrogen (secondary N) is 3. The van der Waals surface area contributed by atoms with E-state index in [1.54, 1.807) is 44.3 Å². The molecule has 2 aromatic carbocycles. The predicted molar refractivity (Wildman–Crippen MR) is 157 cm³/mol. The van der Waals surface area contributed by atoms with Crippen molar-refractivity contribution >= 4 is 41.6 Å². The van der Waals surface area contributed by atoms with Gasteiger partial charge in [-0.2, -0.15) is 0 Å². The van der Waals surface area contributed by atoms with Gasteiger partial charge in [-0.05, 0) is 50.6 Å². The van der Waals surface area contributed by atoms with Crippen molar-refractivity contribution < 1.29 is 23.5 Å². The van der Waals surface area contributed by atoms with Crippen LogP contribution in [0.15, 0.2) is 47.3 Å². The molecular formula is C29H38FN5O5. The molecule has 0 aliphatic rings. The molecule has 0 fully saturated rings. The van der Waals surface area contributed by atoms with E-state index in [-0.39, 0.29) is 28.3 Å². The molecule has 0 aliphatic heterocycles. The summed E-state index contributed by atoms with van der Waals surface area (Å²) in [6.07, 6.45) is 1.15. The van der Waals surface area contributed by atoms with Crippen molar-refractivity contribution in [2.45, 2.75) is 34.6 Å². The average molecular weight is 556 g/mol. The Morgan fingerprint density at radius 2 is 1.75 bits per heavy atom. The molecule has 1 aromatic heterocycles. The van der Waals surface area contributed by atoms with Crippen LogP contribution in [0.1, 0.15) is 42.3 Å². The number of aryl methyl sites for hydroxylation is 1. The van der Waals surface area contributed by atoms with Crippen molar-refractivity contribution in [3.8, 4) is 5.75 Å². The van der Waals surface area contributed by atoms with Crippen molar-refractivity contribution in [2.24, 2.45) is 7.05 Å². The fourth-order valence-electron chi connectivity index (χ4n) is 3.69. The highest BCUT2D eigenvalue weighted by Crippen LogP contribution is 2.36. The zero-order chi connectivity index (χ0) is 30.4. The molecule has 11 heteroatoms. The van der Waals surface area contributed by atoms with Gasteiger partial charge in [-0.25, -0.2) is 4.39 Å². The maximum absolute atomic E-state index is 14.6. The lowest BCUT2D eigenvalue weighted by molar-refractivity contribution is -0.109. The third-order valence-electron chi connectivity index (χ3n) is 5.49. The van der Waals surface area contributed by atoms with Gasteiger partial charge in [0.1, 0.15) is 22.9 Å². The molecule has 0 unspecified atom stereocenters. The molecule has 3 N–H and O–H groups in total. The second-order valence-electron chi connectivity index (χ2n) is 8.06. The molecule has 40 heavy (non-hydrogen) atoms. The highest BCUT2D eigenvalue weighted by Gasteiger charge is 2.28. The maximum atomic E-state index is 14.6. The molecule has 0 radical (unpaired) electrons. The van der Waals surface area contributed by atoms with Gasteiger partial charge in [-0.15, -0.1) is 0 Å². The number of pyridine rings is 1. The van der Waals surface area contributed by atoms with Gasteiger partial charge in [0.15, 0.2) is 0 Å². The number of hydrogen-bond donors (Lipinski definition) is 3. The minimum absolute atomic E-state index is 0.0102. The lowest BCUT2D eigenvalue weighted by Gasteiger charge is -2.26. The summed E-state index contributed by atoms with van der Waals surface area (Å²) >= 11 is 0. The van der Waals surface area contributed by atoms with Gasteiger partial charge >= 0.3 is 0 Å². The van der Waals surface area contributed by atoms with E-state index in [1.807, 2.05) is 20.8 Å². The molecule has 3 rings (SSSR count). The van der Waals surface area contributed by atoms with Gasteiger partial charge in [-0.3, -0.25) is 28.6 Å². The lowest BCUT2D eigenvalue weighted by atomic mass is 10.1. The molecule has 0 saturated heterocycles. The number of carbonyl (C=O) groups is 3. The van der Waals surface area contributed by atoms with Crippen molar-refractivity contribution in [1.82, 2.24) is 15.2 Å².